The Morgan fingerprint density at radius 1 is 1.16 bits per heavy atom. The van der Waals surface area contributed by atoms with E-state index in [9.17, 15) is 0 Å². The van der Waals surface area contributed by atoms with Crippen LogP contribution in [-0.4, -0.2) is 33.3 Å². The van der Waals surface area contributed by atoms with Crippen LogP contribution < -0.4 is 0 Å². The zero-order valence-electron chi connectivity index (χ0n) is 12.4. The van der Waals surface area contributed by atoms with Gasteiger partial charge >= 0.3 is 0 Å². The molecule has 4 heteroatoms. The second-order valence-electron chi connectivity index (χ2n) is 5.89. The number of hydrogen-bond acceptors (Lipinski definition) is 2. The Morgan fingerprint density at radius 3 is 2.21 bits per heavy atom. The molecule has 0 radical (unpaired) electrons. The fourth-order valence-electron chi connectivity index (χ4n) is 3.08. The van der Waals surface area contributed by atoms with E-state index in [1.165, 1.54) is 29.9 Å². The van der Waals surface area contributed by atoms with Crippen LogP contribution in [0.4, 0.5) is 0 Å². The van der Waals surface area contributed by atoms with E-state index >= 15 is 0 Å². The number of hydrogen-bond donors (Lipinski definition) is 0. The Labute approximate surface area is 114 Å². The molecule has 1 saturated carbocycles. The van der Waals surface area contributed by atoms with Crippen molar-refractivity contribution in [2.24, 2.45) is 7.05 Å². The first-order valence-electron chi connectivity index (χ1n) is 6.83. The van der Waals surface area contributed by atoms with Crippen LogP contribution in [0.3, 0.4) is 0 Å². The third-order valence-corrected chi connectivity index (χ3v) is 4.42. The molecule has 0 unspecified atom stereocenters. The third-order valence-electron chi connectivity index (χ3n) is 4.42. The average Bonchev–Trinajstić information content (AvgIpc) is 2.97. The molecule has 0 aromatic carbocycles. The second-order valence-corrected chi connectivity index (χ2v) is 5.89. The van der Waals surface area contributed by atoms with E-state index in [2.05, 4.69) is 62.7 Å². The molecule has 102 valence electrons. The predicted molar refractivity (Wildman–Crippen MR) is 76.6 cm³/mol. The Morgan fingerprint density at radius 2 is 1.74 bits per heavy atom. The summed E-state index contributed by atoms with van der Waals surface area (Å²) in [5.74, 6) is 1.03. The van der Waals surface area contributed by atoms with Crippen molar-refractivity contribution in [2.45, 2.75) is 32.2 Å². The fraction of sp³-hybridized carbons (Fsp3) is 0.533. The molecule has 0 saturated heterocycles. The molecule has 3 rings (SSSR count). The van der Waals surface area contributed by atoms with Crippen molar-refractivity contribution in [1.82, 2.24) is 19.2 Å². The van der Waals surface area contributed by atoms with Gasteiger partial charge in [-0.3, -0.25) is 9.58 Å². The van der Waals surface area contributed by atoms with E-state index in [4.69, 9.17) is 5.10 Å². The van der Waals surface area contributed by atoms with Crippen molar-refractivity contribution in [2.75, 3.05) is 14.1 Å². The van der Waals surface area contributed by atoms with Gasteiger partial charge in [0.1, 0.15) is 0 Å². The molecule has 2 heterocycles. The van der Waals surface area contributed by atoms with Crippen LogP contribution in [0.2, 0.25) is 0 Å². The van der Waals surface area contributed by atoms with E-state index in [1.807, 2.05) is 4.68 Å². The number of nitrogens with zero attached hydrogens (tertiary/aromatic N) is 4. The lowest BCUT2D eigenvalue weighted by molar-refractivity contribution is 0.262. The lowest BCUT2D eigenvalue weighted by Crippen LogP contribution is -2.29. The van der Waals surface area contributed by atoms with Gasteiger partial charge in [0, 0.05) is 24.5 Å². The van der Waals surface area contributed by atoms with Crippen molar-refractivity contribution >= 4 is 0 Å². The molecular weight excluding hydrogens is 236 g/mol. The van der Waals surface area contributed by atoms with Crippen molar-refractivity contribution in [3.63, 3.8) is 0 Å². The topological polar surface area (TPSA) is 26.0 Å². The molecule has 1 aliphatic carbocycles. The monoisotopic (exact) mass is 258 g/mol. The van der Waals surface area contributed by atoms with Gasteiger partial charge in [-0.15, -0.1) is 0 Å². The summed E-state index contributed by atoms with van der Waals surface area (Å²) in [7, 11) is 6.37. The molecule has 0 atom stereocenters. The van der Waals surface area contributed by atoms with Crippen LogP contribution in [0.25, 0.3) is 5.82 Å². The predicted octanol–water partition coefficient (Wildman–Crippen LogP) is 2.38. The first-order chi connectivity index (χ1) is 8.95. The van der Waals surface area contributed by atoms with Gasteiger partial charge in [0.25, 0.3) is 0 Å². The van der Waals surface area contributed by atoms with Crippen LogP contribution in [0.5, 0.6) is 0 Å². The van der Waals surface area contributed by atoms with Crippen LogP contribution in [0, 0.1) is 13.8 Å². The Kier molecular flexibility index (Phi) is 2.61. The number of aryl methyl sites for hydroxylation is 3. The van der Waals surface area contributed by atoms with Crippen molar-refractivity contribution in [3.05, 3.63) is 35.3 Å². The summed E-state index contributed by atoms with van der Waals surface area (Å²) in [5, 5.41) is 4.72. The van der Waals surface area contributed by atoms with E-state index < -0.39 is 0 Å². The Hall–Kier alpha value is -1.55. The fourth-order valence-corrected chi connectivity index (χ4v) is 3.08. The standard InChI is InChI=1S/C15H22N4/c1-11-6-7-12(2)19(11)14-10-13(18(5)16-14)15(8-9-15)17(3)4/h6-7,10H,8-9H2,1-5H3. The van der Waals surface area contributed by atoms with Gasteiger partial charge in [0.15, 0.2) is 5.82 Å². The van der Waals surface area contributed by atoms with E-state index in [0.29, 0.717) is 0 Å². The maximum absolute atomic E-state index is 4.72. The lowest BCUT2D eigenvalue weighted by atomic mass is 10.1. The quantitative estimate of drug-likeness (QED) is 0.845. The maximum atomic E-state index is 4.72. The van der Waals surface area contributed by atoms with Crippen molar-refractivity contribution < 1.29 is 0 Å². The van der Waals surface area contributed by atoms with Gasteiger partial charge in [-0.1, -0.05) is 0 Å². The van der Waals surface area contributed by atoms with Crippen LogP contribution in [0.1, 0.15) is 29.9 Å². The summed E-state index contributed by atoms with van der Waals surface area (Å²) >= 11 is 0. The Bertz CT molecular complexity index is 595. The van der Waals surface area contributed by atoms with Gasteiger partial charge in [0.05, 0.1) is 11.2 Å². The molecule has 4 nitrogen and oxygen atoms in total. The summed E-state index contributed by atoms with van der Waals surface area (Å²) in [6.45, 7) is 4.25. The van der Waals surface area contributed by atoms with Gasteiger partial charge in [0.2, 0.25) is 0 Å². The zero-order chi connectivity index (χ0) is 13.8. The molecule has 2 aromatic rings. The molecule has 1 fully saturated rings. The summed E-state index contributed by atoms with van der Waals surface area (Å²) in [5.41, 5.74) is 3.99. The number of aromatic nitrogens is 3. The molecule has 0 spiro atoms. The molecule has 19 heavy (non-hydrogen) atoms. The highest BCUT2D eigenvalue weighted by molar-refractivity contribution is 5.37. The molecular formula is C15H22N4. The first-order valence-corrected chi connectivity index (χ1v) is 6.83. The smallest absolute Gasteiger partial charge is 0.159 e. The SMILES string of the molecule is Cc1ccc(C)n1-c1cc(C2(N(C)C)CC2)n(C)n1. The zero-order valence-corrected chi connectivity index (χ0v) is 12.4. The van der Waals surface area contributed by atoms with Gasteiger partial charge in [-0.25, -0.2) is 0 Å². The van der Waals surface area contributed by atoms with Crippen LogP contribution in [-0.2, 0) is 12.6 Å². The normalized spacial score (nSPS) is 17.2. The highest BCUT2D eigenvalue weighted by Crippen LogP contribution is 2.49. The molecule has 0 aliphatic heterocycles. The summed E-state index contributed by atoms with van der Waals surface area (Å²) < 4.78 is 4.26. The minimum atomic E-state index is 0.203. The van der Waals surface area contributed by atoms with Gasteiger partial charge in [-0.2, -0.15) is 5.10 Å². The van der Waals surface area contributed by atoms with Gasteiger partial charge in [-0.05, 0) is 52.9 Å². The van der Waals surface area contributed by atoms with E-state index in [0.717, 1.165) is 5.82 Å². The summed E-state index contributed by atoms with van der Waals surface area (Å²) in [6, 6.07) is 6.53. The minimum Gasteiger partial charge on any atom is -0.302 e. The minimum absolute atomic E-state index is 0.203. The molecule has 0 N–H and O–H groups in total. The molecule has 2 aromatic heterocycles. The first kappa shape index (κ1) is 12.5. The summed E-state index contributed by atoms with van der Waals surface area (Å²) in [4.78, 5) is 2.32. The average molecular weight is 258 g/mol. The molecule has 1 aliphatic rings. The molecule has 0 bridgehead atoms. The van der Waals surface area contributed by atoms with E-state index in [1.54, 1.807) is 0 Å². The van der Waals surface area contributed by atoms with Crippen LogP contribution in [0.15, 0.2) is 18.2 Å². The largest absolute Gasteiger partial charge is 0.302 e. The van der Waals surface area contributed by atoms with E-state index in [-0.39, 0.29) is 5.54 Å². The highest BCUT2D eigenvalue weighted by atomic mass is 15.3. The van der Waals surface area contributed by atoms with Crippen molar-refractivity contribution in [1.29, 1.82) is 0 Å². The Balaban J connectivity index is 2.08. The highest BCUT2D eigenvalue weighted by Gasteiger charge is 2.48. The number of rotatable bonds is 3. The van der Waals surface area contributed by atoms with Crippen molar-refractivity contribution in [3.8, 4) is 5.82 Å². The molecule has 0 amide bonds. The maximum Gasteiger partial charge on any atom is 0.159 e. The second kappa shape index (κ2) is 3.97. The third kappa shape index (κ3) is 1.74. The van der Waals surface area contributed by atoms with Gasteiger partial charge < -0.3 is 4.57 Å². The lowest BCUT2D eigenvalue weighted by Gasteiger charge is -2.23. The summed E-state index contributed by atoms with van der Waals surface area (Å²) in [6.07, 6.45) is 2.45. The van der Waals surface area contributed by atoms with Crippen LogP contribution >= 0.6 is 0 Å².